The number of benzene rings is 1. The fourth-order valence-corrected chi connectivity index (χ4v) is 1.44. The summed E-state index contributed by atoms with van der Waals surface area (Å²) in [6, 6.07) is 8.98. The number of nitrogens with one attached hydrogen (secondary N) is 1. The predicted octanol–water partition coefficient (Wildman–Crippen LogP) is 1.65. The van der Waals surface area contributed by atoms with Gasteiger partial charge in [-0.05, 0) is 26.3 Å². The van der Waals surface area contributed by atoms with Gasteiger partial charge in [-0.15, -0.1) is 0 Å². The summed E-state index contributed by atoms with van der Waals surface area (Å²) in [6.45, 7) is 5.53. The minimum Gasteiger partial charge on any atom is -0.394 e. The lowest BCUT2D eigenvalue weighted by Gasteiger charge is -2.21. The molecule has 0 saturated carbocycles. The van der Waals surface area contributed by atoms with Crippen molar-refractivity contribution in [1.29, 1.82) is 0 Å². The number of hydrogen-bond donors (Lipinski definition) is 2. The molecule has 1 rings (SSSR count). The number of hydrogen-bond acceptors (Lipinski definition) is 3. The number of carbonyl (C=O) groups excluding carboxylic acids is 1. The second-order valence-electron chi connectivity index (χ2n) is 5.11. The molecule has 0 spiro atoms. The van der Waals surface area contributed by atoms with Gasteiger partial charge in [-0.2, -0.15) is 0 Å². The van der Waals surface area contributed by atoms with Crippen molar-refractivity contribution in [1.82, 2.24) is 5.32 Å². The molecule has 4 nitrogen and oxygen atoms in total. The van der Waals surface area contributed by atoms with E-state index in [0.717, 1.165) is 5.56 Å². The molecule has 0 bridgehead atoms. The molecule has 0 unspecified atom stereocenters. The van der Waals surface area contributed by atoms with E-state index < -0.39 is 0 Å². The van der Waals surface area contributed by atoms with Gasteiger partial charge in [0.25, 0.3) is 0 Å². The smallest absolute Gasteiger partial charge is 0.246 e. The van der Waals surface area contributed by atoms with Crippen LogP contribution < -0.4 is 5.32 Å². The summed E-state index contributed by atoms with van der Waals surface area (Å²) < 4.78 is 5.38. The molecule has 1 amide bonds. The van der Waals surface area contributed by atoms with E-state index in [1.165, 1.54) is 0 Å². The van der Waals surface area contributed by atoms with Crippen LogP contribution in [0.1, 0.15) is 32.4 Å². The third-order valence-electron chi connectivity index (χ3n) is 2.36. The highest BCUT2D eigenvalue weighted by molar-refractivity contribution is 5.77. The molecule has 1 aromatic carbocycles. The standard InChI is InChI=1S/C14H21NO3/c1-14(2,3)18-10-13(17)15-12(9-16)11-7-5-4-6-8-11/h4-8,12,16H,9-10H2,1-3H3,(H,15,17)/t12-/m0/s1. The first kappa shape index (κ1) is 14.7. The summed E-state index contributed by atoms with van der Waals surface area (Å²) in [5, 5.41) is 12.0. The maximum atomic E-state index is 11.7. The summed E-state index contributed by atoms with van der Waals surface area (Å²) in [7, 11) is 0. The van der Waals surface area contributed by atoms with E-state index >= 15 is 0 Å². The highest BCUT2D eigenvalue weighted by atomic mass is 16.5. The third kappa shape index (κ3) is 5.29. The predicted molar refractivity (Wildman–Crippen MR) is 70.1 cm³/mol. The number of ether oxygens (including phenoxy) is 1. The first-order chi connectivity index (χ1) is 8.42. The maximum absolute atomic E-state index is 11.7. The average molecular weight is 251 g/mol. The zero-order chi connectivity index (χ0) is 13.6. The van der Waals surface area contributed by atoms with Crippen molar-refractivity contribution in [3.63, 3.8) is 0 Å². The van der Waals surface area contributed by atoms with Crippen LogP contribution in [0.25, 0.3) is 0 Å². The monoisotopic (exact) mass is 251 g/mol. The van der Waals surface area contributed by atoms with E-state index in [1.807, 2.05) is 51.1 Å². The van der Waals surface area contributed by atoms with Crippen molar-refractivity contribution in [3.05, 3.63) is 35.9 Å². The molecule has 0 aliphatic rings. The zero-order valence-electron chi connectivity index (χ0n) is 11.1. The number of rotatable bonds is 5. The van der Waals surface area contributed by atoms with Crippen LogP contribution in [0.15, 0.2) is 30.3 Å². The second-order valence-corrected chi connectivity index (χ2v) is 5.11. The van der Waals surface area contributed by atoms with Crippen molar-refractivity contribution in [2.45, 2.75) is 32.4 Å². The number of amides is 1. The van der Waals surface area contributed by atoms with Gasteiger partial charge < -0.3 is 15.2 Å². The van der Waals surface area contributed by atoms with Crippen LogP contribution >= 0.6 is 0 Å². The Bertz CT molecular complexity index is 370. The lowest BCUT2D eigenvalue weighted by Crippen LogP contribution is -2.36. The molecule has 1 aromatic rings. The fourth-order valence-electron chi connectivity index (χ4n) is 1.44. The van der Waals surface area contributed by atoms with Crippen LogP contribution in [-0.2, 0) is 9.53 Å². The molecular formula is C14H21NO3. The molecule has 18 heavy (non-hydrogen) atoms. The second kappa shape index (κ2) is 6.52. The van der Waals surface area contributed by atoms with Gasteiger partial charge in [0.1, 0.15) is 6.61 Å². The van der Waals surface area contributed by atoms with Crippen LogP contribution in [0.3, 0.4) is 0 Å². The molecular weight excluding hydrogens is 230 g/mol. The highest BCUT2D eigenvalue weighted by Gasteiger charge is 2.16. The third-order valence-corrected chi connectivity index (χ3v) is 2.36. The van der Waals surface area contributed by atoms with Crippen molar-refractivity contribution in [3.8, 4) is 0 Å². The van der Waals surface area contributed by atoms with Gasteiger partial charge in [-0.1, -0.05) is 30.3 Å². The Morgan fingerprint density at radius 2 is 1.94 bits per heavy atom. The van der Waals surface area contributed by atoms with E-state index in [9.17, 15) is 9.90 Å². The highest BCUT2D eigenvalue weighted by Crippen LogP contribution is 2.12. The Hall–Kier alpha value is -1.39. The van der Waals surface area contributed by atoms with Crippen LogP contribution in [0.5, 0.6) is 0 Å². The van der Waals surface area contributed by atoms with Gasteiger partial charge in [0, 0.05) is 0 Å². The van der Waals surface area contributed by atoms with Crippen molar-refractivity contribution in [2.75, 3.05) is 13.2 Å². The number of carbonyl (C=O) groups is 1. The number of aliphatic hydroxyl groups is 1. The first-order valence-electron chi connectivity index (χ1n) is 6.01. The summed E-state index contributed by atoms with van der Waals surface area (Å²) in [4.78, 5) is 11.7. The van der Waals surface area contributed by atoms with E-state index in [-0.39, 0.29) is 30.8 Å². The van der Waals surface area contributed by atoms with Gasteiger partial charge in [-0.3, -0.25) is 4.79 Å². The Labute approximate surface area is 108 Å². The summed E-state index contributed by atoms with van der Waals surface area (Å²) in [5.74, 6) is -0.229. The lowest BCUT2D eigenvalue weighted by molar-refractivity contribution is -0.131. The van der Waals surface area contributed by atoms with Gasteiger partial charge in [0.2, 0.25) is 5.91 Å². The number of aliphatic hydroxyl groups excluding tert-OH is 1. The molecule has 0 heterocycles. The molecule has 4 heteroatoms. The topological polar surface area (TPSA) is 58.6 Å². The Morgan fingerprint density at radius 3 is 2.44 bits per heavy atom. The molecule has 0 saturated heterocycles. The average Bonchev–Trinajstić information content (AvgIpc) is 2.33. The zero-order valence-corrected chi connectivity index (χ0v) is 11.1. The molecule has 0 aliphatic carbocycles. The Morgan fingerprint density at radius 1 is 1.33 bits per heavy atom. The normalized spacial score (nSPS) is 13.1. The minimum atomic E-state index is -0.387. The summed E-state index contributed by atoms with van der Waals surface area (Å²) >= 11 is 0. The minimum absolute atomic E-state index is 0.00711. The van der Waals surface area contributed by atoms with Gasteiger partial charge in [0.05, 0.1) is 18.2 Å². The van der Waals surface area contributed by atoms with Gasteiger partial charge in [0.15, 0.2) is 0 Å². The first-order valence-corrected chi connectivity index (χ1v) is 6.01. The maximum Gasteiger partial charge on any atom is 0.246 e. The Kier molecular flexibility index (Phi) is 5.31. The van der Waals surface area contributed by atoms with E-state index in [1.54, 1.807) is 0 Å². The molecule has 0 aliphatic heterocycles. The van der Waals surface area contributed by atoms with Crippen molar-refractivity contribution >= 4 is 5.91 Å². The van der Waals surface area contributed by atoms with Crippen LogP contribution in [-0.4, -0.2) is 29.8 Å². The van der Waals surface area contributed by atoms with Crippen LogP contribution in [0, 0.1) is 0 Å². The van der Waals surface area contributed by atoms with E-state index in [2.05, 4.69) is 5.32 Å². The van der Waals surface area contributed by atoms with E-state index in [4.69, 9.17) is 4.74 Å². The van der Waals surface area contributed by atoms with Crippen LogP contribution in [0.4, 0.5) is 0 Å². The van der Waals surface area contributed by atoms with Crippen molar-refractivity contribution in [2.24, 2.45) is 0 Å². The van der Waals surface area contributed by atoms with Gasteiger partial charge >= 0.3 is 0 Å². The molecule has 0 fully saturated rings. The van der Waals surface area contributed by atoms with Crippen LogP contribution in [0.2, 0.25) is 0 Å². The molecule has 1 atom stereocenters. The largest absolute Gasteiger partial charge is 0.394 e. The Balaban J connectivity index is 2.51. The summed E-state index contributed by atoms with van der Waals surface area (Å²) in [5.41, 5.74) is 0.530. The van der Waals surface area contributed by atoms with Gasteiger partial charge in [-0.25, -0.2) is 0 Å². The quantitative estimate of drug-likeness (QED) is 0.836. The van der Waals surface area contributed by atoms with E-state index in [0.29, 0.717) is 0 Å². The molecule has 2 N–H and O–H groups in total. The molecule has 100 valence electrons. The molecule has 0 radical (unpaired) electrons. The summed E-state index contributed by atoms with van der Waals surface area (Å²) in [6.07, 6.45) is 0. The van der Waals surface area contributed by atoms with Crippen molar-refractivity contribution < 1.29 is 14.6 Å². The SMILES string of the molecule is CC(C)(C)OCC(=O)N[C@@H](CO)c1ccccc1. The lowest BCUT2D eigenvalue weighted by atomic mass is 10.1. The molecule has 0 aromatic heterocycles. The fraction of sp³-hybridized carbons (Fsp3) is 0.500.